The number of benzene rings is 2. The maximum atomic E-state index is 13.1. The normalized spacial score (nSPS) is 17.3. The smallest absolute Gasteiger partial charge is 0.240 e. The number of hydrogen-bond donors (Lipinski definition) is 0. The van der Waals surface area contributed by atoms with Crippen LogP contribution in [0, 0.1) is 0 Å². The molecular weight excluding hydrogens is 458 g/mol. The minimum Gasteiger partial charge on any atom is -0.493 e. The number of hydrogen-bond acceptors (Lipinski definition) is 6. The molecule has 1 atom stereocenters. The van der Waals surface area contributed by atoms with Crippen LogP contribution in [0.5, 0.6) is 23.0 Å². The Balaban J connectivity index is 1.60. The molecule has 1 amide bonds. The first-order valence-electron chi connectivity index (χ1n) is 9.20. The van der Waals surface area contributed by atoms with Gasteiger partial charge in [0, 0.05) is 23.1 Å². The molecule has 29 heavy (non-hydrogen) atoms. The lowest BCUT2D eigenvalue weighted by atomic mass is 9.96. The molecule has 0 N–H and O–H groups in total. The minimum absolute atomic E-state index is 0.120. The molecule has 2 aromatic rings. The highest BCUT2D eigenvalue weighted by atomic mass is 79.9. The number of nitrogens with zero attached hydrogens (tertiary/aromatic N) is 1. The van der Waals surface area contributed by atoms with Crippen LogP contribution in [-0.4, -0.2) is 44.6 Å². The summed E-state index contributed by atoms with van der Waals surface area (Å²) in [5.74, 6) is 2.98. The topological polar surface area (TPSA) is 57.2 Å². The van der Waals surface area contributed by atoms with Gasteiger partial charge in [-0.25, -0.2) is 0 Å². The van der Waals surface area contributed by atoms with Crippen LogP contribution in [0.3, 0.4) is 0 Å². The van der Waals surface area contributed by atoms with Gasteiger partial charge in [0.05, 0.1) is 14.2 Å². The summed E-state index contributed by atoms with van der Waals surface area (Å²) in [5, 5.41) is -0.251. The quantitative estimate of drug-likeness (QED) is 0.619. The largest absolute Gasteiger partial charge is 0.493 e. The SMILES string of the molecule is COc1ccc2c(c1OC)CN(CCc1cc3c(cc1Br)OCO3)C(=O)C2SC. The lowest BCUT2D eigenvalue weighted by molar-refractivity contribution is -0.132. The Labute approximate surface area is 182 Å². The highest BCUT2D eigenvalue weighted by Gasteiger charge is 2.35. The summed E-state index contributed by atoms with van der Waals surface area (Å²) < 4.78 is 22.9. The van der Waals surface area contributed by atoms with E-state index in [1.54, 1.807) is 26.0 Å². The van der Waals surface area contributed by atoms with E-state index in [1.807, 2.05) is 35.4 Å². The second-order valence-electron chi connectivity index (χ2n) is 6.79. The lowest BCUT2D eigenvalue weighted by Crippen LogP contribution is -2.39. The van der Waals surface area contributed by atoms with Crippen molar-refractivity contribution in [3.63, 3.8) is 0 Å². The molecule has 0 radical (unpaired) electrons. The van der Waals surface area contributed by atoms with Gasteiger partial charge in [0.2, 0.25) is 12.7 Å². The molecule has 0 saturated heterocycles. The first-order valence-corrected chi connectivity index (χ1v) is 11.3. The van der Waals surface area contributed by atoms with Crippen molar-refractivity contribution in [3.05, 3.63) is 45.4 Å². The number of ether oxygens (including phenoxy) is 4. The number of thioether (sulfide) groups is 1. The summed E-state index contributed by atoms with van der Waals surface area (Å²) in [7, 11) is 3.26. The summed E-state index contributed by atoms with van der Waals surface area (Å²) in [4.78, 5) is 15.0. The van der Waals surface area contributed by atoms with Crippen molar-refractivity contribution in [3.8, 4) is 23.0 Å². The average Bonchev–Trinajstić information content (AvgIpc) is 3.18. The van der Waals surface area contributed by atoms with Crippen LogP contribution < -0.4 is 18.9 Å². The number of amides is 1. The van der Waals surface area contributed by atoms with Crippen LogP contribution in [0.15, 0.2) is 28.7 Å². The molecule has 0 aromatic heterocycles. The molecule has 2 heterocycles. The number of rotatable bonds is 6. The van der Waals surface area contributed by atoms with Crippen LogP contribution in [0.4, 0.5) is 0 Å². The van der Waals surface area contributed by atoms with Gasteiger partial charge in [0.15, 0.2) is 23.0 Å². The molecule has 154 valence electrons. The van der Waals surface area contributed by atoms with Gasteiger partial charge in [-0.2, -0.15) is 0 Å². The molecule has 2 aromatic carbocycles. The van der Waals surface area contributed by atoms with Gasteiger partial charge < -0.3 is 23.8 Å². The van der Waals surface area contributed by atoms with E-state index in [-0.39, 0.29) is 18.0 Å². The van der Waals surface area contributed by atoms with Crippen molar-refractivity contribution >= 4 is 33.6 Å². The number of carbonyl (C=O) groups is 1. The third-order valence-corrected chi connectivity index (χ3v) is 6.95. The van der Waals surface area contributed by atoms with Crippen molar-refractivity contribution in [2.75, 3.05) is 33.8 Å². The second-order valence-corrected chi connectivity index (χ2v) is 8.59. The van der Waals surface area contributed by atoms with Gasteiger partial charge in [-0.3, -0.25) is 4.79 Å². The molecule has 6 nitrogen and oxygen atoms in total. The molecule has 1 unspecified atom stereocenters. The van der Waals surface area contributed by atoms with Crippen molar-refractivity contribution < 1.29 is 23.7 Å². The zero-order valence-electron chi connectivity index (χ0n) is 16.5. The predicted octanol–water partition coefficient (Wildman–Crippen LogP) is 4.18. The van der Waals surface area contributed by atoms with Gasteiger partial charge in [0.25, 0.3) is 0 Å². The molecule has 0 fully saturated rings. The van der Waals surface area contributed by atoms with E-state index in [0.717, 1.165) is 32.7 Å². The van der Waals surface area contributed by atoms with Crippen LogP contribution >= 0.6 is 27.7 Å². The number of halogens is 1. The predicted molar refractivity (Wildman–Crippen MR) is 115 cm³/mol. The Morgan fingerprint density at radius 1 is 1.21 bits per heavy atom. The monoisotopic (exact) mass is 479 g/mol. The highest BCUT2D eigenvalue weighted by Crippen LogP contribution is 2.44. The first kappa shape index (κ1) is 20.2. The summed E-state index contributed by atoms with van der Waals surface area (Å²) in [6.45, 7) is 1.32. The second kappa shape index (κ2) is 8.36. The summed E-state index contributed by atoms with van der Waals surface area (Å²) in [6.07, 6.45) is 2.66. The third-order valence-electron chi connectivity index (χ3n) is 5.28. The Bertz CT molecular complexity index is 951. The third kappa shape index (κ3) is 3.64. The zero-order valence-corrected chi connectivity index (χ0v) is 18.9. The molecular formula is C21H22BrNO5S. The van der Waals surface area contributed by atoms with E-state index in [1.165, 1.54) is 0 Å². The molecule has 0 saturated carbocycles. The van der Waals surface area contributed by atoms with E-state index in [4.69, 9.17) is 18.9 Å². The van der Waals surface area contributed by atoms with Gasteiger partial charge in [-0.15, -0.1) is 11.8 Å². The molecule has 4 rings (SSSR count). The van der Waals surface area contributed by atoms with E-state index < -0.39 is 0 Å². The van der Waals surface area contributed by atoms with Crippen molar-refractivity contribution in [2.24, 2.45) is 0 Å². The fourth-order valence-electron chi connectivity index (χ4n) is 3.81. The molecule has 2 aliphatic rings. The van der Waals surface area contributed by atoms with E-state index in [0.29, 0.717) is 31.0 Å². The summed E-state index contributed by atoms with van der Waals surface area (Å²) in [6, 6.07) is 7.74. The molecule has 0 spiro atoms. The van der Waals surface area contributed by atoms with Crippen molar-refractivity contribution in [1.29, 1.82) is 0 Å². The Hall–Kier alpha value is -2.06. The number of carbonyl (C=O) groups excluding carboxylic acids is 1. The van der Waals surface area contributed by atoms with E-state index in [9.17, 15) is 4.79 Å². The van der Waals surface area contributed by atoms with E-state index >= 15 is 0 Å². The van der Waals surface area contributed by atoms with Gasteiger partial charge in [-0.1, -0.05) is 22.0 Å². The minimum atomic E-state index is -0.251. The number of methoxy groups -OCH3 is 2. The highest BCUT2D eigenvalue weighted by molar-refractivity contribution is 9.10. The summed E-state index contributed by atoms with van der Waals surface area (Å²) >= 11 is 5.14. The van der Waals surface area contributed by atoms with Crippen molar-refractivity contribution in [2.45, 2.75) is 18.2 Å². The fraction of sp³-hybridized carbons (Fsp3) is 0.381. The Morgan fingerprint density at radius 2 is 1.97 bits per heavy atom. The van der Waals surface area contributed by atoms with Crippen LogP contribution in [0.25, 0.3) is 0 Å². The maximum absolute atomic E-state index is 13.1. The lowest BCUT2D eigenvalue weighted by Gasteiger charge is -2.34. The molecule has 0 aliphatic carbocycles. The summed E-state index contributed by atoms with van der Waals surface area (Å²) in [5.41, 5.74) is 3.09. The standard InChI is InChI=1S/C21H22BrNO5S/c1-25-16-5-4-13-14(19(16)26-2)10-23(21(24)20(13)29-3)7-6-12-8-17-18(9-15(12)22)28-11-27-17/h4-5,8-9,20H,6-7,10-11H2,1-3H3. The Morgan fingerprint density at radius 3 is 2.66 bits per heavy atom. The molecule has 0 bridgehead atoms. The number of fused-ring (bicyclic) bond motifs is 2. The molecule has 8 heteroatoms. The maximum Gasteiger partial charge on any atom is 0.240 e. The zero-order chi connectivity index (χ0) is 20.5. The first-order chi connectivity index (χ1) is 14.1. The van der Waals surface area contributed by atoms with Gasteiger partial charge in [-0.05, 0) is 42.0 Å². The average molecular weight is 480 g/mol. The van der Waals surface area contributed by atoms with Gasteiger partial charge >= 0.3 is 0 Å². The van der Waals surface area contributed by atoms with Gasteiger partial charge in [0.1, 0.15) is 5.25 Å². The van der Waals surface area contributed by atoms with E-state index in [2.05, 4.69) is 15.9 Å². The Kier molecular flexibility index (Phi) is 5.83. The van der Waals surface area contributed by atoms with Crippen molar-refractivity contribution in [1.82, 2.24) is 4.90 Å². The fourth-order valence-corrected chi connectivity index (χ4v) is 5.15. The van der Waals surface area contributed by atoms with Crippen LogP contribution in [0.1, 0.15) is 21.9 Å². The van der Waals surface area contributed by atoms with Crippen LogP contribution in [0.2, 0.25) is 0 Å². The molecule has 2 aliphatic heterocycles. The van der Waals surface area contributed by atoms with Crippen LogP contribution in [-0.2, 0) is 17.8 Å².